The Morgan fingerprint density at radius 3 is 2.43 bits per heavy atom. The number of hydrogen-bond acceptors (Lipinski definition) is 3. The van der Waals surface area contributed by atoms with Gasteiger partial charge in [-0.1, -0.05) is 12.1 Å². The molecule has 2 aromatic carbocycles. The van der Waals surface area contributed by atoms with Crippen molar-refractivity contribution in [1.29, 1.82) is 0 Å². The molecule has 0 aliphatic heterocycles. The lowest BCUT2D eigenvalue weighted by Gasteiger charge is -2.25. The quantitative estimate of drug-likeness (QED) is 0.827. The molecule has 1 aliphatic rings. The first-order valence-electron chi connectivity index (χ1n) is 7.14. The number of rotatable bonds is 5. The van der Waals surface area contributed by atoms with E-state index in [-0.39, 0.29) is 0 Å². The molecule has 1 amide bonds. The lowest BCUT2D eigenvalue weighted by Crippen LogP contribution is -2.25. The van der Waals surface area contributed by atoms with E-state index >= 15 is 0 Å². The topological polar surface area (TPSA) is 72.4 Å². The van der Waals surface area contributed by atoms with Crippen molar-refractivity contribution in [3.8, 4) is 0 Å². The summed E-state index contributed by atoms with van der Waals surface area (Å²) in [4.78, 5) is 13.5. The molecule has 0 heterocycles. The number of carbonyl (C=O) groups excluding carboxylic acids is 1. The second-order valence-electron chi connectivity index (χ2n) is 5.52. The number of carbonyl (C=O) groups is 1. The SMILES string of the molecule is NC(=O)c1ccc(N(Cc2cccc(N)c2)C2CC2)cc1. The third-order valence-corrected chi connectivity index (χ3v) is 3.78. The summed E-state index contributed by atoms with van der Waals surface area (Å²) in [5, 5.41) is 0. The monoisotopic (exact) mass is 281 g/mol. The van der Waals surface area contributed by atoms with Gasteiger partial charge in [-0.25, -0.2) is 0 Å². The molecule has 0 bridgehead atoms. The van der Waals surface area contributed by atoms with Crippen LogP contribution in [0.5, 0.6) is 0 Å². The van der Waals surface area contributed by atoms with E-state index in [1.807, 2.05) is 30.3 Å². The van der Waals surface area contributed by atoms with Crippen LogP contribution in [0.15, 0.2) is 48.5 Å². The van der Waals surface area contributed by atoms with Crippen LogP contribution in [0.1, 0.15) is 28.8 Å². The summed E-state index contributed by atoms with van der Waals surface area (Å²) in [5.74, 6) is -0.393. The Morgan fingerprint density at radius 1 is 1.14 bits per heavy atom. The molecular weight excluding hydrogens is 262 g/mol. The molecular formula is C17H19N3O. The molecule has 2 aromatic rings. The van der Waals surface area contributed by atoms with E-state index in [1.54, 1.807) is 12.1 Å². The van der Waals surface area contributed by atoms with Gasteiger partial charge in [0, 0.05) is 29.5 Å². The average molecular weight is 281 g/mol. The van der Waals surface area contributed by atoms with Crippen LogP contribution in [0, 0.1) is 0 Å². The maximum absolute atomic E-state index is 11.2. The highest BCUT2D eigenvalue weighted by molar-refractivity contribution is 5.93. The molecule has 4 N–H and O–H groups in total. The first-order valence-corrected chi connectivity index (χ1v) is 7.14. The predicted octanol–water partition coefficient (Wildman–Crippen LogP) is 2.54. The maximum atomic E-state index is 11.2. The van der Waals surface area contributed by atoms with E-state index in [1.165, 1.54) is 18.4 Å². The van der Waals surface area contributed by atoms with Gasteiger partial charge in [0.15, 0.2) is 0 Å². The third kappa shape index (κ3) is 3.16. The van der Waals surface area contributed by atoms with Crippen molar-refractivity contribution in [1.82, 2.24) is 0 Å². The Labute approximate surface area is 124 Å². The standard InChI is InChI=1S/C17H19N3O/c18-14-3-1-2-12(10-14)11-20(16-8-9-16)15-6-4-13(5-7-15)17(19)21/h1-7,10,16H,8-9,11,18H2,(H2,19,21). The zero-order valence-corrected chi connectivity index (χ0v) is 11.8. The van der Waals surface area contributed by atoms with Gasteiger partial charge in [-0.05, 0) is 54.8 Å². The highest BCUT2D eigenvalue weighted by atomic mass is 16.1. The second-order valence-corrected chi connectivity index (χ2v) is 5.52. The Hall–Kier alpha value is -2.49. The maximum Gasteiger partial charge on any atom is 0.248 e. The summed E-state index contributed by atoms with van der Waals surface area (Å²) >= 11 is 0. The van der Waals surface area contributed by atoms with Gasteiger partial charge in [0.25, 0.3) is 0 Å². The molecule has 1 saturated carbocycles. The largest absolute Gasteiger partial charge is 0.399 e. The number of nitrogens with two attached hydrogens (primary N) is 2. The molecule has 108 valence electrons. The van der Waals surface area contributed by atoms with Gasteiger partial charge in [0.1, 0.15) is 0 Å². The van der Waals surface area contributed by atoms with Crippen LogP contribution in [0.4, 0.5) is 11.4 Å². The number of amides is 1. The van der Waals surface area contributed by atoms with Crippen LogP contribution in [-0.4, -0.2) is 11.9 Å². The minimum Gasteiger partial charge on any atom is -0.399 e. The van der Waals surface area contributed by atoms with Crippen molar-refractivity contribution in [2.24, 2.45) is 5.73 Å². The van der Waals surface area contributed by atoms with Crippen molar-refractivity contribution < 1.29 is 4.79 Å². The van der Waals surface area contributed by atoms with Gasteiger partial charge in [0.2, 0.25) is 5.91 Å². The van der Waals surface area contributed by atoms with Gasteiger partial charge in [-0.3, -0.25) is 4.79 Å². The summed E-state index contributed by atoms with van der Waals surface area (Å²) in [6.07, 6.45) is 2.42. The zero-order chi connectivity index (χ0) is 14.8. The summed E-state index contributed by atoms with van der Waals surface area (Å²) in [6, 6.07) is 16.0. The van der Waals surface area contributed by atoms with Crippen LogP contribution in [0.25, 0.3) is 0 Å². The summed E-state index contributed by atoms with van der Waals surface area (Å²) in [6.45, 7) is 0.825. The lowest BCUT2D eigenvalue weighted by molar-refractivity contribution is 0.100. The fourth-order valence-electron chi connectivity index (χ4n) is 2.52. The highest BCUT2D eigenvalue weighted by Gasteiger charge is 2.29. The van der Waals surface area contributed by atoms with Crippen molar-refractivity contribution in [2.45, 2.75) is 25.4 Å². The van der Waals surface area contributed by atoms with Crippen LogP contribution in [0.2, 0.25) is 0 Å². The Kier molecular flexibility index (Phi) is 3.52. The smallest absolute Gasteiger partial charge is 0.248 e. The molecule has 4 heteroatoms. The average Bonchev–Trinajstić information content (AvgIpc) is 3.29. The van der Waals surface area contributed by atoms with Crippen molar-refractivity contribution in [3.05, 3.63) is 59.7 Å². The Morgan fingerprint density at radius 2 is 1.86 bits per heavy atom. The molecule has 0 aromatic heterocycles. The number of primary amides is 1. The van der Waals surface area contributed by atoms with E-state index in [9.17, 15) is 4.79 Å². The van der Waals surface area contributed by atoms with Crippen LogP contribution in [-0.2, 0) is 6.54 Å². The number of hydrogen-bond donors (Lipinski definition) is 2. The minimum atomic E-state index is -0.393. The zero-order valence-electron chi connectivity index (χ0n) is 11.8. The molecule has 0 atom stereocenters. The van der Waals surface area contributed by atoms with E-state index in [4.69, 9.17) is 11.5 Å². The van der Waals surface area contributed by atoms with Crippen LogP contribution < -0.4 is 16.4 Å². The fourth-order valence-corrected chi connectivity index (χ4v) is 2.52. The lowest BCUT2D eigenvalue weighted by atomic mass is 10.1. The normalized spacial score (nSPS) is 13.9. The molecule has 0 radical (unpaired) electrons. The molecule has 21 heavy (non-hydrogen) atoms. The second kappa shape index (κ2) is 5.48. The van der Waals surface area contributed by atoms with Crippen molar-refractivity contribution in [3.63, 3.8) is 0 Å². The van der Waals surface area contributed by atoms with Crippen molar-refractivity contribution >= 4 is 17.3 Å². The Bertz CT molecular complexity index is 647. The Balaban J connectivity index is 1.83. The summed E-state index contributed by atoms with van der Waals surface area (Å²) < 4.78 is 0. The van der Waals surface area contributed by atoms with Crippen LogP contribution >= 0.6 is 0 Å². The van der Waals surface area contributed by atoms with Gasteiger partial charge in [-0.2, -0.15) is 0 Å². The van der Waals surface area contributed by atoms with Crippen LogP contribution in [0.3, 0.4) is 0 Å². The first kappa shape index (κ1) is 13.5. The number of nitrogen functional groups attached to an aromatic ring is 1. The minimum absolute atomic E-state index is 0.393. The van der Waals surface area contributed by atoms with Gasteiger partial charge < -0.3 is 16.4 Å². The predicted molar refractivity (Wildman–Crippen MR) is 85.0 cm³/mol. The first-order chi connectivity index (χ1) is 10.1. The molecule has 0 spiro atoms. The molecule has 0 unspecified atom stereocenters. The number of anilines is 2. The van der Waals surface area contributed by atoms with Gasteiger partial charge in [-0.15, -0.1) is 0 Å². The molecule has 0 saturated heterocycles. The molecule has 3 rings (SSSR count). The van der Waals surface area contributed by atoms with Crippen molar-refractivity contribution in [2.75, 3.05) is 10.6 Å². The highest BCUT2D eigenvalue weighted by Crippen LogP contribution is 2.33. The van der Waals surface area contributed by atoms with E-state index in [0.717, 1.165) is 17.9 Å². The molecule has 4 nitrogen and oxygen atoms in total. The van der Waals surface area contributed by atoms with Gasteiger partial charge in [0.05, 0.1) is 0 Å². The van der Waals surface area contributed by atoms with Gasteiger partial charge >= 0.3 is 0 Å². The van der Waals surface area contributed by atoms with E-state index in [0.29, 0.717) is 11.6 Å². The van der Waals surface area contributed by atoms with E-state index in [2.05, 4.69) is 11.0 Å². The fraction of sp³-hybridized carbons (Fsp3) is 0.235. The third-order valence-electron chi connectivity index (χ3n) is 3.78. The summed E-state index contributed by atoms with van der Waals surface area (Å²) in [7, 11) is 0. The summed E-state index contributed by atoms with van der Waals surface area (Å²) in [5.41, 5.74) is 14.8. The van der Waals surface area contributed by atoms with E-state index < -0.39 is 5.91 Å². The molecule has 1 fully saturated rings. The molecule has 1 aliphatic carbocycles. The number of nitrogens with zero attached hydrogens (tertiary/aromatic N) is 1. The number of benzene rings is 2.